The lowest BCUT2D eigenvalue weighted by molar-refractivity contribution is 0.111. The number of aromatic nitrogens is 2. The number of hydrogen-bond acceptors (Lipinski definition) is 5. The summed E-state index contributed by atoms with van der Waals surface area (Å²) in [7, 11) is 0. The lowest BCUT2D eigenvalue weighted by Gasteiger charge is -2.06. The maximum absolute atomic E-state index is 11.1. The van der Waals surface area contributed by atoms with E-state index in [1.54, 1.807) is 30.3 Å². The van der Waals surface area contributed by atoms with Gasteiger partial charge in [0.2, 0.25) is 5.89 Å². The van der Waals surface area contributed by atoms with Crippen molar-refractivity contribution in [2.75, 3.05) is 0 Å². The molecule has 0 fully saturated rings. The Balaban J connectivity index is 1.75. The highest BCUT2D eigenvalue weighted by atomic mass is 79.9. The van der Waals surface area contributed by atoms with E-state index in [1.165, 1.54) is 0 Å². The van der Waals surface area contributed by atoms with Crippen molar-refractivity contribution in [2.24, 2.45) is 0 Å². The van der Waals surface area contributed by atoms with E-state index in [9.17, 15) is 4.79 Å². The molecule has 0 aliphatic rings. The Morgan fingerprint density at radius 3 is 2.83 bits per heavy atom. The number of halogens is 2. The van der Waals surface area contributed by atoms with Crippen LogP contribution in [0.3, 0.4) is 0 Å². The molecule has 0 aliphatic heterocycles. The van der Waals surface area contributed by atoms with Crippen molar-refractivity contribution >= 4 is 33.8 Å². The van der Waals surface area contributed by atoms with E-state index in [2.05, 4.69) is 26.1 Å². The van der Waals surface area contributed by atoms with E-state index in [0.29, 0.717) is 33.7 Å². The molecule has 3 aromatic rings. The van der Waals surface area contributed by atoms with E-state index >= 15 is 0 Å². The molecule has 0 unspecified atom stereocenters. The molecule has 0 saturated carbocycles. The zero-order valence-corrected chi connectivity index (χ0v) is 14.0. The van der Waals surface area contributed by atoms with Crippen molar-refractivity contribution in [1.82, 2.24) is 10.2 Å². The number of carbonyl (C=O) groups excluding carboxylic acids is 1. The number of hydrogen-bond donors (Lipinski definition) is 0. The molecule has 0 N–H and O–H groups in total. The summed E-state index contributed by atoms with van der Waals surface area (Å²) in [5.41, 5.74) is 1.09. The molecular formula is C16H10BrClN2O3. The van der Waals surface area contributed by atoms with Crippen LogP contribution in [0.5, 0.6) is 5.75 Å². The summed E-state index contributed by atoms with van der Waals surface area (Å²) in [5.74, 6) is 1.06. The van der Waals surface area contributed by atoms with Crippen molar-refractivity contribution in [3.05, 3.63) is 63.4 Å². The minimum atomic E-state index is 0.0555. The van der Waals surface area contributed by atoms with Gasteiger partial charge in [-0.1, -0.05) is 39.7 Å². The first-order valence-electron chi connectivity index (χ1n) is 6.62. The first-order valence-corrected chi connectivity index (χ1v) is 7.79. The van der Waals surface area contributed by atoms with Gasteiger partial charge in [0.05, 0.1) is 16.1 Å². The summed E-state index contributed by atoms with van der Waals surface area (Å²) in [6.07, 6.45) is 0.725. The number of nitrogens with zero attached hydrogens (tertiary/aromatic N) is 2. The molecule has 0 atom stereocenters. The van der Waals surface area contributed by atoms with Crippen molar-refractivity contribution < 1.29 is 13.9 Å². The van der Waals surface area contributed by atoms with E-state index in [1.807, 2.05) is 12.1 Å². The Morgan fingerprint density at radius 2 is 2.04 bits per heavy atom. The average molecular weight is 394 g/mol. The van der Waals surface area contributed by atoms with Gasteiger partial charge in [-0.3, -0.25) is 4.79 Å². The topological polar surface area (TPSA) is 65.2 Å². The molecule has 0 amide bonds. The summed E-state index contributed by atoms with van der Waals surface area (Å²) in [6, 6.07) is 12.3. The Hall–Kier alpha value is -2.18. The van der Waals surface area contributed by atoms with E-state index in [0.717, 1.165) is 10.8 Å². The molecule has 1 aromatic heterocycles. The van der Waals surface area contributed by atoms with Gasteiger partial charge >= 0.3 is 0 Å². The predicted molar refractivity (Wildman–Crippen MR) is 88.6 cm³/mol. The standard InChI is InChI=1S/C16H10BrClN2O3/c17-11-5-6-14(10(7-11)8-21)22-9-15-19-20-16(23-15)12-3-1-2-4-13(12)18/h1-8H,9H2. The van der Waals surface area contributed by atoms with Gasteiger partial charge in [0, 0.05) is 4.47 Å². The van der Waals surface area contributed by atoms with Crippen LogP contribution in [-0.2, 0) is 6.61 Å². The van der Waals surface area contributed by atoms with Crippen LogP contribution in [0, 0.1) is 0 Å². The predicted octanol–water partition coefficient (Wildman–Crippen LogP) is 4.54. The molecule has 0 spiro atoms. The summed E-state index contributed by atoms with van der Waals surface area (Å²) in [4.78, 5) is 11.1. The normalized spacial score (nSPS) is 10.5. The Bertz CT molecular complexity index is 851. The smallest absolute Gasteiger partial charge is 0.254 e. The van der Waals surface area contributed by atoms with Crippen LogP contribution in [0.15, 0.2) is 51.4 Å². The Morgan fingerprint density at radius 1 is 1.22 bits per heavy atom. The van der Waals surface area contributed by atoms with Crippen molar-refractivity contribution in [2.45, 2.75) is 6.61 Å². The zero-order valence-electron chi connectivity index (χ0n) is 11.7. The molecule has 7 heteroatoms. The Labute approximate surface area is 145 Å². The van der Waals surface area contributed by atoms with Crippen molar-refractivity contribution in [1.29, 1.82) is 0 Å². The third kappa shape index (κ3) is 3.60. The monoisotopic (exact) mass is 392 g/mol. The molecule has 0 aliphatic carbocycles. The van der Waals surface area contributed by atoms with Gasteiger partial charge in [0.25, 0.3) is 5.89 Å². The summed E-state index contributed by atoms with van der Waals surface area (Å²) in [6.45, 7) is 0.0555. The van der Waals surface area contributed by atoms with Crippen LogP contribution in [0.2, 0.25) is 5.02 Å². The number of benzene rings is 2. The van der Waals surface area contributed by atoms with Crippen LogP contribution in [0.25, 0.3) is 11.5 Å². The highest BCUT2D eigenvalue weighted by molar-refractivity contribution is 9.10. The summed E-state index contributed by atoms with van der Waals surface area (Å²) >= 11 is 9.39. The number of rotatable bonds is 5. The van der Waals surface area contributed by atoms with E-state index < -0.39 is 0 Å². The first-order chi connectivity index (χ1) is 11.2. The van der Waals surface area contributed by atoms with Gasteiger partial charge < -0.3 is 9.15 Å². The highest BCUT2D eigenvalue weighted by Gasteiger charge is 2.12. The fraction of sp³-hybridized carbons (Fsp3) is 0.0625. The van der Waals surface area contributed by atoms with E-state index in [-0.39, 0.29) is 6.61 Å². The first kappa shape index (κ1) is 15.7. The van der Waals surface area contributed by atoms with Gasteiger partial charge in [-0.2, -0.15) is 0 Å². The second kappa shape index (κ2) is 6.93. The van der Waals surface area contributed by atoms with Crippen LogP contribution < -0.4 is 4.74 Å². The van der Waals surface area contributed by atoms with Crippen LogP contribution in [0.1, 0.15) is 16.2 Å². The largest absolute Gasteiger partial charge is 0.483 e. The van der Waals surface area contributed by atoms with Gasteiger partial charge in [-0.15, -0.1) is 10.2 Å². The number of aldehydes is 1. The molecule has 0 saturated heterocycles. The fourth-order valence-electron chi connectivity index (χ4n) is 1.94. The molecule has 23 heavy (non-hydrogen) atoms. The maximum Gasteiger partial charge on any atom is 0.254 e. The molecule has 116 valence electrons. The maximum atomic E-state index is 11.1. The molecule has 1 heterocycles. The minimum absolute atomic E-state index is 0.0555. The van der Waals surface area contributed by atoms with Crippen LogP contribution in [0.4, 0.5) is 0 Å². The zero-order chi connectivity index (χ0) is 16.2. The SMILES string of the molecule is O=Cc1cc(Br)ccc1OCc1nnc(-c2ccccc2Cl)o1. The molecule has 0 bridgehead atoms. The van der Waals surface area contributed by atoms with Crippen molar-refractivity contribution in [3.63, 3.8) is 0 Å². The lowest BCUT2D eigenvalue weighted by atomic mass is 10.2. The van der Waals surface area contributed by atoms with Gasteiger partial charge in [-0.25, -0.2) is 0 Å². The molecule has 2 aromatic carbocycles. The lowest BCUT2D eigenvalue weighted by Crippen LogP contribution is -1.98. The van der Waals surface area contributed by atoms with Gasteiger partial charge in [0.15, 0.2) is 12.9 Å². The third-order valence-electron chi connectivity index (χ3n) is 3.02. The highest BCUT2D eigenvalue weighted by Crippen LogP contribution is 2.27. The van der Waals surface area contributed by atoms with Gasteiger partial charge in [0.1, 0.15) is 5.75 Å². The molecule has 5 nitrogen and oxygen atoms in total. The number of carbonyl (C=O) groups is 1. The fourth-order valence-corrected chi connectivity index (χ4v) is 2.53. The summed E-state index contributed by atoms with van der Waals surface area (Å²) in [5, 5.41) is 8.41. The Kier molecular flexibility index (Phi) is 4.73. The van der Waals surface area contributed by atoms with Gasteiger partial charge in [-0.05, 0) is 30.3 Å². The van der Waals surface area contributed by atoms with Crippen molar-refractivity contribution in [3.8, 4) is 17.2 Å². The molecule has 3 rings (SSSR count). The second-order valence-corrected chi connectivity index (χ2v) is 5.89. The van der Waals surface area contributed by atoms with E-state index in [4.69, 9.17) is 20.8 Å². The second-order valence-electron chi connectivity index (χ2n) is 4.57. The average Bonchev–Trinajstić information content (AvgIpc) is 3.02. The molecular weight excluding hydrogens is 384 g/mol. The summed E-state index contributed by atoms with van der Waals surface area (Å²) < 4.78 is 11.9. The number of ether oxygens (including phenoxy) is 1. The molecule has 0 radical (unpaired) electrons. The quantitative estimate of drug-likeness (QED) is 0.595. The van der Waals surface area contributed by atoms with Crippen LogP contribution >= 0.6 is 27.5 Å². The third-order valence-corrected chi connectivity index (χ3v) is 3.84. The van der Waals surface area contributed by atoms with Crippen LogP contribution in [-0.4, -0.2) is 16.5 Å². The minimum Gasteiger partial charge on any atom is -0.483 e.